The van der Waals surface area contributed by atoms with E-state index in [1.807, 2.05) is 0 Å². The second kappa shape index (κ2) is 11.6. The molecule has 2 N–H and O–H groups in total. The highest BCUT2D eigenvalue weighted by atomic mass is 32.1. The Kier molecular flexibility index (Phi) is 8.56. The lowest BCUT2D eigenvalue weighted by Gasteiger charge is -2.12. The van der Waals surface area contributed by atoms with Crippen LogP contribution in [0.25, 0.3) is 11.1 Å². The SMILES string of the molecule is CCOC(=O)c1c(-c2ccc(OC)c(OC)c2)csc1NC(=S)NC(=O)c1ccc([N+](=O)[O-])c(C)c1. The van der Waals surface area contributed by atoms with Crippen molar-refractivity contribution in [2.24, 2.45) is 0 Å². The zero-order chi connectivity index (χ0) is 26.4. The predicted molar refractivity (Wildman–Crippen MR) is 140 cm³/mol. The molecule has 3 rings (SSSR count). The second-order valence-electron chi connectivity index (χ2n) is 7.31. The van der Waals surface area contributed by atoms with Crippen LogP contribution in [-0.4, -0.2) is 42.7 Å². The number of esters is 1. The van der Waals surface area contributed by atoms with E-state index in [4.69, 9.17) is 26.4 Å². The summed E-state index contributed by atoms with van der Waals surface area (Å²) in [5, 5.41) is 18.5. The molecular weight excluding hydrogens is 506 g/mol. The molecule has 0 atom stereocenters. The summed E-state index contributed by atoms with van der Waals surface area (Å²) in [5.41, 5.74) is 1.97. The number of benzene rings is 2. The van der Waals surface area contributed by atoms with Crippen LogP contribution in [0.5, 0.6) is 11.5 Å². The summed E-state index contributed by atoms with van der Waals surface area (Å²) in [4.78, 5) is 36.0. The number of nitro groups is 1. The number of nitro benzene ring substituents is 1. The van der Waals surface area contributed by atoms with E-state index >= 15 is 0 Å². The van der Waals surface area contributed by atoms with Gasteiger partial charge in [-0.3, -0.25) is 20.2 Å². The average molecular weight is 530 g/mol. The Bertz CT molecular complexity index is 1340. The smallest absolute Gasteiger partial charge is 0.341 e. The monoisotopic (exact) mass is 529 g/mol. The number of aryl methyl sites for hydroxylation is 1. The number of anilines is 1. The molecule has 10 nitrogen and oxygen atoms in total. The Balaban J connectivity index is 1.87. The number of carbonyl (C=O) groups excluding carboxylic acids is 2. The van der Waals surface area contributed by atoms with Crippen molar-refractivity contribution in [1.82, 2.24) is 5.32 Å². The molecule has 0 saturated heterocycles. The predicted octanol–water partition coefficient (Wildman–Crippen LogP) is 4.95. The maximum Gasteiger partial charge on any atom is 0.341 e. The minimum atomic E-state index is -0.564. The fourth-order valence-electron chi connectivity index (χ4n) is 3.38. The van der Waals surface area contributed by atoms with E-state index in [0.29, 0.717) is 33.2 Å². The molecule has 1 heterocycles. The standard InChI is InChI=1S/C24H23N3O7S2/c1-5-34-23(29)20-16(14-7-9-18(32-3)19(11-14)33-4)12-36-22(20)26-24(35)25-21(28)15-6-8-17(27(30)31)13(2)10-15/h6-12H,5H2,1-4H3,(H2,25,26,28,35). The van der Waals surface area contributed by atoms with Crippen molar-refractivity contribution in [3.05, 3.63) is 68.6 Å². The molecular formula is C24H23N3O7S2. The highest BCUT2D eigenvalue weighted by Crippen LogP contribution is 2.39. The third-order valence-electron chi connectivity index (χ3n) is 5.07. The molecule has 0 unspecified atom stereocenters. The van der Waals surface area contributed by atoms with Gasteiger partial charge in [0.2, 0.25) is 0 Å². The fourth-order valence-corrected chi connectivity index (χ4v) is 4.60. The summed E-state index contributed by atoms with van der Waals surface area (Å²) in [7, 11) is 3.05. The maximum atomic E-state index is 12.9. The Morgan fingerprint density at radius 1 is 1.11 bits per heavy atom. The summed E-state index contributed by atoms with van der Waals surface area (Å²) in [6.45, 7) is 3.41. The molecule has 0 spiro atoms. The van der Waals surface area contributed by atoms with Crippen LogP contribution in [0.1, 0.15) is 33.2 Å². The van der Waals surface area contributed by atoms with Crippen LogP contribution in [-0.2, 0) is 4.74 Å². The Morgan fingerprint density at radius 3 is 2.44 bits per heavy atom. The zero-order valence-corrected chi connectivity index (χ0v) is 21.5. The van der Waals surface area contributed by atoms with Crippen molar-refractivity contribution in [3.63, 3.8) is 0 Å². The average Bonchev–Trinajstić information content (AvgIpc) is 3.26. The van der Waals surface area contributed by atoms with Gasteiger partial charge >= 0.3 is 5.97 Å². The van der Waals surface area contributed by atoms with Gasteiger partial charge in [0.25, 0.3) is 11.6 Å². The molecule has 0 aliphatic heterocycles. The van der Waals surface area contributed by atoms with Crippen LogP contribution in [0.3, 0.4) is 0 Å². The van der Waals surface area contributed by atoms with E-state index in [9.17, 15) is 19.7 Å². The Morgan fingerprint density at radius 2 is 1.83 bits per heavy atom. The molecule has 0 bridgehead atoms. The third kappa shape index (κ3) is 5.78. The Hall–Kier alpha value is -4.03. The molecule has 2 aromatic carbocycles. The first kappa shape index (κ1) is 26.6. The van der Waals surface area contributed by atoms with Crippen molar-refractivity contribution < 1.29 is 28.7 Å². The van der Waals surface area contributed by atoms with E-state index in [-0.39, 0.29) is 28.5 Å². The van der Waals surface area contributed by atoms with Crippen molar-refractivity contribution in [3.8, 4) is 22.6 Å². The topological polar surface area (TPSA) is 129 Å². The second-order valence-corrected chi connectivity index (χ2v) is 8.60. The van der Waals surface area contributed by atoms with Gasteiger partial charge in [0, 0.05) is 28.1 Å². The Labute approximate surface area is 216 Å². The van der Waals surface area contributed by atoms with Crippen LogP contribution in [0, 0.1) is 17.0 Å². The first-order valence-corrected chi connectivity index (χ1v) is 11.9. The van der Waals surface area contributed by atoms with Gasteiger partial charge in [0.1, 0.15) is 10.6 Å². The van der Waals surface area contributed by atoms with E-state index in [2.05, 4.69) is 10.6 Å². The number of thiocarbonyl (C=S) groups is 1. The maximum absolute atomic E-state index is 12.9. The number of rotatable bonds is 8. The molecule has 0 aliphatic rings. The molecule has 0 saturated carbocycles. The number of carbonyl (C=O) groups is 2. The fraction of sp³-hybridized carbons (Fsp3) is 0.208. The molecule has 36 heavy (non-hydrogen) atoms. The van der Waals surface area contributed by atoms with Gasteiger partial charge in [-0.1, -0.05) is 6.07 Å². The van der Waals surface area contributed by atoms with Gasteiger partial charge in [0.15, 0.2) is 16.6 Å². The van der Waals surface area contributed by atoms with E-state index < -0.39 is 16.8 Å². The summed E-state index contributed by atoms with van der Waals surface area (Å²) in [6.07, 6.45) is 0. The number of methoxy groups -OCH3 is 2. The van der Waals surface area contributed by atoms with Crippen molar-refractivity contribution in [2.45, 2.75) is 13.8 Å². The molecule has 12 heteroatoms. The van der Waals surface area contributed by atoms with Gasteiger partial charge in [-0.15, -0.1) is 11.3 Å². The first-order valence-electron chi connectivity index (χ1n) is 10.6. The number of nitrogens with one attached hydrogen (secondary N) is 2. The molecule has 3 aromatic rings. The van der Waals surface area contributed by atoms with Crippen LogP contribution >= 0.6 is 23.6 Å². The number of thiophene rings is 1. The number of amides is 1. The molecule has 188 valence electrons. The minimum absolute atomic E-state index is 0.0535. The molecule has 0 aliphatic carbocycles. The number of hydrogen-bond acceptors (Lipinski definition) is 9. The minimum Gasteiger partial charge on any atom is -0.493 e. The van der Waals surface area contributed by atoms with E-state index in [1.165, 1.54) is 43.8 Å². The molecule has 0 fully saturated rings. The van der Waals surface area contributed by atoms with Crippen LogP contribution in [0.15, 0.2) is 41.8 Å². The summed E-state index contributed by atoms with van der Waals surface area (Å²) in [6, 6.07) is 9.25. The van der Waals surface area contributed by atoms with Crippen LogP contribution in [0.2, 0.25) is 0 Å². The van der Waals surface area contributed by atoms with E-state index in [0.717, 1.165) is 0 Å². The lowest BCUT2D eigenvalue weighted by Crippen LogP contribution is -2.34. The molecule has 1 amide bonds. The lowest BCUT2D eigenvalue weighted by atomic mass is 10.0. The quantitative estimate of drug-likeness (QED) is 0.180. The molecule has 1 aromatic heterocycles. The largest absolute Gasteiger partial charge is 0.493 e. The van der Waals surface area contributed by atoms with Gasteiger partial charge in [-0.25, -0.2) is 4.79 Å². The van der Waals surface area contributed by atoms with Gasteiger partial charge < -0.3 is 19.5 Å². The first-order chi connectivity index (χ1) is 17.2. The van der Waals surface area contributed by atoms with Gasteiger partial charge in [-0.05, 0) is 55.9 Å². The van der Waals surface area contributed by atoms with Crippen molar-refractivity contribution >= 4 is 51.2 Å². The number of hydrogen-bond donors (Lipinski definition) is 2. The summed E-state index contributed by atoms with van der Waals surface area (Å²) < 4.78 is 15.9. The lowest BCUT2D eigenvalue weighted by molar-refractivity contribution is -0.385. The highest BCUT2D eigenvalue weighted by molar-refractivity contribution is 7.80. The zero-order valence-electron chi connectivity index (χ0n) is 19.9. The van der Waals surface area contributed by atoms with E-state index in [1.54, 1.807) is 37.4 Å². The summed E-state index contributed by atoms with van der Waals surface area (Å²) >= 11 is 6.50. The van der Waals surface area contributed by atoms with Crippen LogP contribution < -0.4 is 20.1 Å². The van der Waals surface area contributed by atoms with Gasteiger partial charge in [0.05, 0.1) is 25.7 Å². The van der Waals surface area contributed by atoms with Crippen LogP contribution in [0.4, 0.5) is 10.7 Å². The molecule has 0 radical (unpaired) electrons. The summed E-state index contributed by atoms with van der Waals surface area (Å²) in [5.74, 6) is -0.0874. The third-order valence-corrected chi connectivity index (χ3v) is 6.17. The van der Waals surface area contributed by atoms with Crippen molar-refractivity contribution in [1.29, 1.82) is 0 Å². The number of ether oxygens (including phenoxy) is 3. The van der Waals surface area contributed by atoms with Gasteiger partial charge in [-0.2, -0.15) is 0 Å². The number of nitrogens with zero attached hydrogens (tertiary/aromatic N) is 1. The normalized spacial score (nSPS) is 10.3. The van der Waals surface area contributed by atoms with Crippen molar-refractivity contribution in [2.75, 3.05) is 26.1 Å². The highest BCUT2D eigenvalue weighted by Gasteiger charge is 2.24.